The van der Waals surface area contributed by atoms with Crippen molar-refractivity contribution in [2.45, 2.75) is 31.8 Å². The molecule has 0 heterocycles. The fourth-order valence-electron chi connectivity index (χ4n) is 1.55. The van der Waals surface area contributed by atoms with Crippen molar-refractivity contribution in [3.8, 4) is 0 Å². The van der Waals surface area contributed by atoms with Crippen molar-refractivity contribution in [3.63, 3.8) is 0 Å². The van der Waals surface area contributed by atoms with E-state index in [2.05, 4.69) is 4.74 Å². The summed E-state index contributed by atoms with van der Waals surface area (Å²) in [6.07, 6.45) is 2.62. The smallest absolute Gasteiger partial charge is 0.311 e. The van der Waals surface area contributed by atoms with Crippen LogP contribution in [0.15, 0.2) is 0 Å². The number of hydrogen-bond acceptors (Lipinski definition) is 4. The second-order valence-electron chi connectivity index (χ2n) is 3.38. The maximum atomic E-state index is 11.3. The highest BCUT2D eigenvalue weighted by Gasteiger charge is 2.26. The monoisotopic (exact) mass is 188 g/mol. The number of carbonyl (C=O) groups is 1. The quantitative estimate of drug-likeness (QED) is 0.523. The molecule has 76 valence electrons. The molecule has 1 N–H and O–H groups in total. The second kappa shape index (κ2) is 5.19. The van der Waals surface area contributed by atoms with E-state index >= 15 is 0 Å². The van der Waals surface area contributed by atoms with Crippen molar-refractivity contribution in [2.75, 3.05) is 13.9 Å². The van der Waals surface area contributed by atoms with Gasteiger partial charge in [-0.2, -0.15) is 0 Å². The molecule has 0 amide bonds. The van der Waals surface area contributed by atoms with E-state index in [1.807, 2.05) is 0 Å². The molecule has 1 aliphatic rings. The molecule has 0 saturated heterocycles. The van der Waals surface area contributed by atoms with Crippen LogP contribution in [0, 0.1) is 5.92 Å². The van der Waals surface area contributed by atoms with Gasteiger partial charge in [-0.3, -0.25) is 4.79 Å². The van der Waals surface area contributed by atoms with E-state index in [9.17, 15) is 9.90 Å². The summed E-state index contributed by atoms with van der Waals surface area (Å²) in [7, 11) is 1.48. The fraction of sp³-hybridized carbons (Fsp3) is 0.889. The lowest BCUT2D eigenvalue weighted by Crippen LogP contribution is -2.26. The Bertz CT molecular complexity index is 161. The van der Waals surface area contributed by atoms with Crippen molar-refractivity contribution >= 4 is 5.97 Å². The van der Waals surface area contributed by atoms with Gasteiger partial charge in [-0.05, 0) is 25.7 Å². The highest BCUT2D eigenvalue weighted by molar-refractivity contribution is 5.72. The number of methoxy groups -OCH3 is 1. The Kier molecular flexibility index (Phi) is 4.18. The molecule has 0 spiro atoms. The summed E-state index contributed by atoms with van der Waals surface area (Å²) < 4.78 is 9.46. The molecule has 1 saturated carbocycles. The van der Waals surface area contributed by atoms with Crippen molar-refractivity contribution in [2.24, 2.45) is 5.92 Å². The molecule has 0 aliphatic heterocycles. The largest absolute Gasteiger partial charge is 0.438 e. The zero-order valence-corrected chi connectivity index (χ0v) is 7.86. The van der Waals surface area contributed by atoms with Crippen LogP contribution in [0.4, 0.5) is 0 Å². The van der Waals surface area contributed by atoms with Crippen molar-refractivity contribution in [1.29, 1.82) is 0 Å². The zero-order valence-electron chi connectivity index (χ0n) is 7.86. The summed E-state index contributed by atoms with van der Waals surface area (Å²) >= 11 is 0. The van der Waals surface area contributed by atoms with Crippen molar-refractivity contribution < 1.29 is 19.4 Å². The van der Waals surface area contributed by atoms with Gasteiger partial charge < -0.3 is 14.6 Å². The molecule has 0 aromatic carbocycles. The van der Waals surface area contributed by atoms with Crippen molar-refractivity contribution in [1.82, 2.24) is 0 Å². The molecule has 4 nitrogen and oxygen atoms in total. The van der Waals surface area contributed by atoms with Crippen LogP contribution in [0.3, 0.4) is 0 Å². The average molecular weight is 188 g/mol. The molecule has 0 aromatic heterocycles. The standard InChI is InChI=1S/C9H16O4/c1-12-6-13-9(11)7-2-4-8(10)5-3-7/h7-8,10H,2-6H2,1H3. The molecule has 0 bridgehead atoms. The van der Waals surface area contributed by atoms with Crippen LogP contribution in [0.5, 0.6) is 0 Å². The minimum Gasteiger partial charge on any atom is -0.438 e. The van der Waals surface area contributed by atoms with Gasteiger partial charge >= 0.3 is 5.97 Å². The Hall–Kier alpha value is -0.610. The number of esters is 1. The summed E-state index contributed by atoms with van der Waals surface area (Å²) in [5, 5.41) is 9.21. The molecule has 1 rings (SSSR count). The van der Waals surface area contributed by atoms with Gasteiger partial charge in [0.1, 0.15) is 0 Å². The van der Waals surface area contributed by atoms with Crippen LogP contribution in [0.25, 0.3) is 0 Å². The summed E-state index contributed by atoms with van der Waals surface area (Å²) in [4.78, 5) is 11.3. The Balaban J connectivity index is 2.23. The lowest BCUT2D eigenvalue weighted by atomic mass is 9.88. The first-order valence-electron chi connectivity index (χ1n) is 4.57. The number of carbonyl (C=O) groups excluding carboxylic acids is 1. The highest BCUT2D eigenvalue weighted by atomic mass is 16.7. The molecule has 1 fully saturated rings. The maximum Gasteiger partial charge on any atom is 0.311 e. The summed E-state index contributed by atoms with van der Waals surface area (Å²) in [5.41, 5.74) is 0. The predicted molar refractivity (Wildman–Crippen MR) is 45.9 cm³/mol. The second-order valence-corrected chi connectivity index (χ2v) is 3.38. The van der Waals surface area contributed by atoms with Gasteiger partial charge in [-0.1, -0.05) is 0 Å². The maximum absolute atomic E-state index is 11.3. The molecule has 0 unspecified atom stereocenters. The van der Waals surface area contributed by atoms with Crippen LogP contribution in [0.2, 0.25) is 0 Å². The van der Waals surface area contributed by atoms with E-state index < -0.39 is 0 Å². The zero-order chi connectivity index (χ0) is 9.68. The number of rotatable bonds is 3. The van der Waals surface area contributed by atoms with Gasteiger partial charge in [0.25, 0.3) is 0 Å². The van der Waals surface area contributed by atoms with Crippen LogP contribution in [-0.4, -0.2) is 31.1 Å². The number of ether oxygens (including phenoxy) is 2. The van der Waals surface area contributed by atoms with Crippen LogP contribution >= 0.6 is 0 Å². The van der Waals surface area contributed by atoms with Crippen LogP contribution < -0.4 is 0 Å². The molecule has 4 heteroatoms. The lowest BCUT2D eigenvalue weighted by Gasteiger charge is -2.23. The van der Waals surface area contributed by atoms with Gasteiger partial charge in [0.05, 0.1) is 12.0 Å². The van der Waals surface area contributed by atoms with E-state index in [0.717, 1.165) is 12.8 Å². The molecule has 0 aromatic rings. The van der Waals surface area contributed by atoms with Gasteiger partial charge in [-0.15, -0.1) is 0 Å². The fourth-order valence-corrected chi connectivity index (χ4v) is 1.55. The molecule has 0 atom stereocenters. The summed E-state index contributed by atoms with van der Waals surface area (Å²) in [6, 6.07) is 0. The summed E-state index contributed by atoms with van der Waals surface area (Å²) in [6.45, 7) is 0.0257. The molecule has 1 aliphatic carbocycles. The number of aliphatic hydroxyl groups excluding tert-OH is 1. The first-order valence-corrected chi connectivity index (χ1v) is 4.57. The number of aliphatic hydroxyl groups is 1. The average Bonchev–Trinajstić information content (AvgIpc) is 2.15. The summed E-state index contributed by atoms with van der Waals surface area (Å²) in [5.74, 6) is -0.243. The van der Waals surface area contributed by atoms with Crippen LogP contribution in [0.1, 0.15) is 25.7 Å². The predicted octanol–water partition coefficient (Wildman–Crippen LogP) is 0.685. The Morgan fingerprint density at radius 3 is 2.54 bits per heavy atom. The Labute approximate surface area is 77.8 Å². The van der Waals surface area contributed by atoms with Gasteiger partial charge in [-0.25, -0.2) is 0 Å². The van der Waals surface area contributed by atoms with E-state index in [4.69, 9.17) is 4.74 Å². The van der Waals surface area contributed by atoms with E-state index in [0.29, 0.717) is 12.8 Å². The molecular formula is C9H16O4. The molecular weight excluding hydrogens is 172 g/mol. The normalized spacial score (nSPS) is 28.5. The van der Waals surface area contributed by atoms with Crippen molar-refractivity contribution in [3.05, 3.63) is 0 Å². The van der Waals surface area contributed by atoms with E-state index in [-0.39, 0.29) is 24.8 Å². The van der Waals surface area contributed by atoms with E-state index in [1.54, 1.807) is 0 Å². The SMILES string of the molecule is COCOC(=O)C1CCC(O)CC1. The van der Waals surface area contributed by atoms with Gasteiger partial charge in [0.2, 0.25) is 0 Å². The highest BCUT2D eigenvalue weighted by Crippen LogP contribution is 2.24. The minimum atomic E-state index is -0.230. The van der Waals surface area contributed by atoms with E-state index in [1.165, 1.54) is 7.11 Å². The van der Waals surface area contributed by atoms with Gasteiger partial charge in [0.15, 0.2) is 6.79 Å². The minimum absolute atomic E-state index is 0.0257. The molecule has 13 heavy (non-hydrogen) atoms. The topological polar surface area (TPSA) is 55.8 Å². The third kappa shape index (κ3) is 3.32. The third-order valence-corrected chi connectivity index (χ3v) is 2.35. The first kappa shape index (κ1) is 10.5. The van der Waals surface area contributed by atoms with Crippen LogP contribution in [-0.2, 0) is 14.3 Å². The first-order chi connectivity index (χ1) is 6.24. The molecule has 0 radical (unpaired) electrons. The number of hydrogen-bond donors (Lipinski definition) is 1. The van der Waals surface area contributed by atoms with Gasteiger partial charge in [0, 0.05) is 7.11 Å². The lowest BCUT2D eigenvalue weighted by molar-refractivity contribution is -0.160. The Morgan fingerprint density at radius 1 is 1.38 bits per heavy atom. The Morgan fingerprint density at radius 2 is 2.00 bits per heavy atom. The third-order valence-electron chi connectivity index (χ3n) is 2.35.